The monoisotopic (exact) mass is 372 g/mol. The van der Waals surface area contributed by atoms with Crippen molar-refractivity contribution in [1.82, 2.24) is 0 Å². The van der Waals surface area contributed by atoms with Gasteiger partial charge in [-0.1, -0.05) is 12.8 Å². The van der Waals surface area contributed by atoms with Gasteiger partial charge in [0.1, 0.15) is 18.3 Å². The molecule has 11 heteroatoms. The quantitative estimate of drug-likeness (QED) is 0.244. The van der Waals surface area contributed by atoms with Crippen molar-refractivity contribution in [3.8, 4) is 0 Å². The average molecular weight is 374 g/mol. The van der Waals surface area contributed by atoms with Crippen LogP contribution in [0.15, 0.2) is 0 Å². The molecule has 0 bridgehead atoms. The number of hydrogen-bond acceptors (Lipinski definition) is 8. The van der Waals surface area contributed by atoms with Crippen molar-refractivity contribution in [3.63, 3.8) is 0 Å². The summed E-state index contributed by atoms with van der Waals surface area (Å²) in [5, 5.41) is 0. The second-order valence-electron chi connectivity index (χ2n) is 2.87. The molecular formula is C6H12O6S4Zn. The van der Waals surface area contributed by atoms with Gasteiger partial charge in [-0.25, -0.2) is 16.8 Å². The zero-order valence-electron chi connectivity index (χ0n) is 9.03. The molecule has 17 heavy (non-hydrogen) atoms. The van der Waals surface area contributed by atoms with Crippen LogP contribution in [0.2, 0.25) is 0 Å². The molecule has 0 fully saturated rings. The first-order chi connectivity index (χ1) is 7.21. The van der Waals surface area contributed by atoms with Crippen molar-refractivity contribution in [2.24, 2.45) is 0 Å². The van der Waals surface area contributed by atoms with Gasteiger partial charge in [-0.2, -0.15) is 0 Å². The molecule has 0 saturated heterocycles. The van der Waals surface area contributed by atoms with E-state index in [0.717, 1.165) is 0 Å². The Morgan fingerprint density at radius 3 is 1.24 bits per heavy atom. The van der Waals surface area contributed by atoms with Crippen molar-refractivity contribution in [2.45, 2.75) is 25.7 Å². The van der Waals surface area contributed by atoms with Crippen molar-refractivity contribution < 1.29 is 44.7 Å². The van der Waals surface area contributed by atoms with Gasteiger partial charge in [0.25, 0.3) is 0 Å². The van der Waals surface area contributed by atoms with E-state index >= 15 is 0 Å². The molecule has 0 spiro atoms. The standard InChI is InChI=1S/C6H14O6S4.Zn/c7-15(8,13)11-5-3-1-2-4-6-12-16(9,10)14;/h1-6H2,(H,7,8,13)(H,9,10,14);/q;+2/p-2. The molecule has 0 amide bonds. The fraction of sp³-hybridized carbons (Fsp3) is 1.00. The second kappa shape index (κ2) is 9.99. The summed E-state index contributed by atoms with van der Waals surface area (Å²) in [4.78, 5) is 0. The summed E-state index contributed by atoms with van der Waals surface area (Å²) in [7, 11) is -7.55. The summed E-state index contributed by atoms with van der Waals surface area (Å²) in [6.07, 6.45) is 2.48. The summed E-state index contributed by atoms with van der Waals surface area (Å²) < 4.78 is 50.2. The predicted molar refractivity (Wildman–Crippen MR) is 62.9 cm³/mol. The molecule has 0 unspecified atom stereocenters. The zero-order chi connectivity index (χ0) is 12.7. The summed E-state index contributed by atoms with van der Waals surface area (Å²) in [6, 6.07) is 0. The largest absolute Gasteiger partial charge is 2.00 e. The Morgan fingerprint density at radius 1 is 0.706 bits per heavy atom. The fourth-order valence-corrected chi connectivity index (χ4v) is 1.93. The SMILES string of the molecule is O=S(=O)([S-])OCCCCCCOS(=O)(=O)[S-].[Zn+2]. The molecule has 0 aliphatic carbocycles. The van der Waals surface area contributed by atoms with Gasteiger partial charge in [-0.3, -0.25) is 8.37 Å². The van der Waals surface area contributed by atoms with Gasteiger partial charge in [0.2, 0.25) is 0 Å². The minimum atomic E-state index is -3.78. The van der Waals surface area contributed by atoms with Crippen molar-refractivity contribution in [2.75, 3.05) is 13.2 Å². The number of unbranched alkanes of at least 4 members (excludes halogenated alkanes) is 3. The summed E-state index contributed by atoms with van der Waals surface area (Å²) in [6.45, 7) is 0.0953. The van der Waals surface area contributed by atoms with Crippen LogP contribution >= 0.6 is 0 Å². The van der Waals surface area contributed by atoms with Gasteiger partial charge in [0, 0.05) is 0 Å². The molecule has 0 aromatic carbocycles. The van der Waals surface area contributed by atoms with E-state index in [1.54, 1.807) is 0 Å². The topological polar surface area (TPSA) is 86.7 Å². The van der Waals surface area contributed by atoms with E-state index in [1.165, 1.54) is 0 Å². The van der Waals surface area contributed by atoms with Gasteiger partial charge in [-0.15, -0.1) is 0 Å². The van der Waals surface area contributed by atoms with Gasteiger partial charge in [0.05, 0.1) is 13.2 Å². The molecule has 0 radical (unpaired) electrons. The van der Waals surface area contributed by atoms with Crippen LogP contribution in [-0.4, -0.2) is 30.0 Å². The summed E-state index contributed by atoms with van der Waals surface area (Å²) >= 11 is 7.99. The van der Waals surface area contributed by atoms with Gasteiger partial charge < -0.3 is 23.3 Å². The fourth-order valence-electron chi connectivity index (χ4n) is 0.880. The Morgan fingerprint density at radius 2 is 1.00 bits per heavy atom. The Bertz CT molecular complexity index is 339. The number of hydrogen-bond donors (Lipinski definition) is 0. The molecule has 6 nitrogen and oxygen atoms in total. The van der Waals surface area contributed by atoms with Crippen LogP contribution in [0.5, 0.6) is 0 Å². The maximum Gasteiger partial charge on any atom is 2.00 e. The molecule has 0 aromatic heterocycles. The molecular weight excluding hydrogens is 362 g/mol. The van der Waals surface area contributed by atoms with Crippen LogP contribution in [0, 0.1) is 0 Å². The smallest absolute Gasteiger partial charge is 0.619 e. The molecule has 0 atom stereocenters. The van der Waals surface area contributed by atoms with Crippen molar-refractivity contribution in [1.29, 1.82) is 0 Å². The normalized spacial score (nSPS) is 12.1. The third kappa shape index (κ3) is 19.7. The third-order valence-corrected chi connectivity index (χ3v) is 2.98. The predicted octanol–water partition coefficient (Wildman–Crippen LogP) is 0.161. The first kappa shape index (κ1) is 20.5. The van der Waals surface area contributed by atoms with Crippen LogP contribution < -0.4 is 0 Å². The van der Waals surface area contributed by atoms with Gasteiger partial charge in [-0.05, 0) is 12.8 Å². The average Bonchev–Trinajstić information content (AvgIpc) is 2.06. The Hall–Kier alpha value is 1.14. The maximum atomic E-state index is 10.4. The minimum Gasteiger partial charge on any atom is -0.619 e. The van der Waals surface area contributed by atoms with Crippen LogP contribution in [0.3, 0.4) is 0 Å². The van der Waals surface area contributed by atoms with E-state index in [4.69, 9.17) is 0 Å². The molecule has 0 aromatic rings. The molecule has 0 saturated carbocycles. The van der Waals surface area contributed by atoms with E-state index in [-0.39, 0.29) is 32.7 Å². The molecule has 0 heterocycles. The molecule has 98 valence electrons. The molecule has 0 aliphatic rings. The summed E-state index contributed by atoms with van der Waals surface area (Å²) in [5.74, 6) is 0. The Labute approximate surface area is 124 Å². The van der Waals surface area contributed by atoms with Crippen LogP contribution in [0.4, 0.5) is 0 Å². The van der Waals surface area contributed by atoms with Crippen LogP contribution in [0.1, 0.15) is 25.7 Å². The number of rotatable bonds is 9. The molecule has 0 N–H and O–H groups in total. The van der Waals surface area contributed by atoms with E-state index in [0.29, 0.717) is 25.7 Å². The molecule has 0 rings (SSSR count). The van der Waals surface area contributed by atoms with Crippen LogP contribution in [0.25, 0.3) is 0 Å². The van der Waals surface area contributed by atoms with E-state index in [9.17, 15) is 16.8 Å². The van der Waals surface area contributed by atoms with E-state index in [1.807, 2.05) is 0 Å². The first-order valence-corrected chi connectivity index (χ1v) is 9.08. The van der Waals surface area contributed by atoms with Gasteiger partial charge in [0.15, 0.2) is 0 Å². The Balaban J connectivity index is 0. The first-order valence-electron chi connectivity index (χ1n) is 4.41. The molecule has 0 aliphatic heterocycles. The van der Waals surface area contributed by atoms with Crippen molar-refractivity contribution >= 4 is 41.6 Å². The maximum absolute atomic E-state index is 10.4. The van der Waals surface area contributed by atoms with Crippen molar-refractivity contribution in [3.05, 3.63) is 0 Å². The van der Waals surface area contributed by atoms with E-state index < -0.39 is 18.3 Å². The minimum absolute atomic E-state index is 0. The Kier molecular flexibility index (Phi) is 12.0. The van der Waals surface area contributed by atoms with Crippen LogP contribution in [-0.2, 0) is 69.5 Å². The van der Waals surface area contributed by atoms with E-state index in [2.05, 4.69) is 31.7 Å². The summed E-state index contributed by atoms with van der Waals surface area (Å²) in [5.41, 5.74) is 0. The second-order valence-corrected chi connectivity index (χ2v) is 7.43. The van der Waals surface area contributed by atoms with Gasteiger partial charge >= 0.3 is 19.5 Å². The zero-order valence-corrected chi connectivity index (χ0v) is 15.3. The third-order valence-electron chi connectivity index (χ3n) is 1.49.